The first-order valence-electron chi connectivity index (χ1n) is 6.59. The van der Waals surface area contributed by atoms with Gasteiger partial charge in [-0.3, -0.25) is 9.59 Å². The van der Waals surface area contributed by atoms with Crippen LogP contribution in [0.5, 0.6) is 0 Å². The van der Waals surface area contributed by atoms with Crippen molar-refractivity contribution in [3.63, 3.8) is 0 Å². The van der Waals surface area contributed by atoms with Gasteiger partial charge in [0.1, 0.15) is 5.69 Å². The number of carbonyl (C=O) groups is 2. The van der Waals surface area contributed by atoms with Crippen LogP contribution in [0.3, 0.4) is 0 Å². The molecule has 0 unspecified atom stereocenters. The molecule has 1 heterocycles. The summed E-state index contributed by atoms with van der Waals surface area (Å²) < 4.78 is 1.80. The van der Waals surface area contributed by atoms with E-state index in [9.17, 15) is 9.59 Å². The predicted octanol–water partition coefficient (Wildman–Crippen LogP) is 0.736. The first-order valence-corrected chi connectivity index (χ1v) is 6.59. The van der Waals surface area contributed by atoms with Crippen LogP contribution in [0.15, 0.2) is 12.3 Å². The molecular formula is C13H22N4O2. The van der Waals surface area contributed by atoms with Gasteiger partial charge in [0.05, 0.1) is 12.2 Å². The number of aryl methyl sites for hydroxylation is 1. The van der Waals surface area contributed by atoms with Crippen LogP contribution in [0, 0.1) is 0 Å². The number of anilines is 1. The molecule has 0 atom stereocenters. The largest absolute Gasteiger partial charge is 0.397 e. The Hall–Kier alpha value is -1.98. The zero-order valence-corrected chi connectivity index (χ0v) is 11.5. The molecule has 0 aromatic carbocycles. The fourth-order valence-corrected chi connectivity index (χ4v) is 1.73. The quantitative estimate of drug-likeness (QED) is 0.680. The normalized spacial score (nSPS) is 10.2. The molecule has 19 heavy (non-hydrogen) atoms. The molecule has 0 bridgehead atoms. The molecule has 0 saturated carbocycles. The fraction of sp³-hybridized carbons (Fsp3) is 0.538. The van der Waals surface area contributed by atoms with Gasteiger partial charge >= 0.3 is 0 Å². The first-order chi connectivity index (χ1) is 9.08. The van der Waals surface area contributed by atoms with Crippen LogP contribution in [0.25, 0.3) is 0 Å². The Labute approximate surface area is 113 Å². The number of nitrogens with two attached hydrogens (primary N) is 1. The smallest absolute Gasteiger partial charge is 0.268 e. The van der Waals surface area contributed by atoms with Gasteiger partial charge in [-0.05, 0) is 18.9 Å². The van der Waals surface area contributed by atoms with Crippen LogP contribution in [0.1, 0.15) is 37.2 Å². The van der Waals surface area contributed by atoms with Crippen LogP contribution in [0.4, 0.5) is 5.69 Å². The third kappa shape index (κ3) is 4.65. The topological polar surface area (TPSA) is 89.2 Å². The molecule has 2 amide bonds. The average Bonchev–Trinajstić information content (AvgIpc) is 2.75. The van der Waals surface area contributed by atoms with Crippen molar-refractivity contribution in [1.82, 2.24) is 15.2 Å². The van der Waals surface area contributed by atoms with Crippen LogP contribution < -0.4 is 16.4 Å². The summed E-state index contributed by atoms with van der Waals surface area (Å²) in [6, 6.07) is 1.62. The van der Waals surface area contributed by atoms with Gasteiger partial charge in [0.25, 0.3) is 5.91 Å². The van der Waals surface area contributed by atoms with E-state index in [0.717, 1.165) is 19.4 Å². The molecule has 0 radical (unpaired) electrons. The van der Waals surface area contributed by atoms with E-state index in [1.165, 1.54) is 0 Å². The minimum absolute atomic E-state index is 0.0178. The summed E-state index contributed by atoms with van der Waals surface area (Å²) in [5.74, 6) is -0.464. The summed E-state index contributed by atoms with van der Waals surface area (Å²) in [5, 5.41) is 5.29. The monoisotopic (exact) mass is 266 g/mol. The molecule has 1 rings (SSSR count). The lowest BCUT2D eigenvalue weighted by Crippen LogP contribution is -2.37. The lowest BCUT2D eigenvalue weighted by atomic mass is 10.3. The van der Waals surface area contributed by atoms with E-state index in [1.54, 1.807) is 16.8 Å². The highest BCUT2D eigenvalue weighted by molar-refractivity contribution is 5.96. The Kier molecular flexibility index (Phi) is 5.92. The molecular weight excluding hydrogens is 244 g/mol. The number of nitrogens with zero attached hydrogens (tertiary/aromatic N) is 1. The number of carbonyl (C=O) groups excluding carboxylic acids is 2. The van der Waals surface area contributed by atoms with Gasteiger partial charge in [-0.15, -0.1) is 0 Å². The molecule has 0 aliphatic rings. The van der Waals surface area contributed by atoms with Gasteiger partial charge in [-0.25, -0.2) is 0 Å². The van der Waals surface area contributed by atoms with Crippen molar-refractivity contribution in [3.8, 4) is 0 Å². The van der Waals surface area contributed by atoms with Crippen molar-refractivity contribution >= 4 is 17.5 Å². The number of nitrogens with one attached hydrogen (secondary N) is 2. The summed E-state index contributed by atoms with van der Waals surface area (Å²) >= 11 is 0. The highest BCUT2D eigenvalue weighted by atomic mass is 16.2. The summed E-state index contributed by atoms with van der Waals surface area (Å²) in [6.07, 6.45) is 3.51. The van der Waals surface area contributed by atoms with Crippen LogP contribution >= 0.6 is 0 Å². The number of amides is 2. The van der Waals surface area contributed by atoms with Crippen LogP contribution in [-0.2, 0) is 11.3 Å². The zero-order chi connectivity index (χ0) is 14.3. The van der Waals surface area contributed by atoms with E-state index >= 15 is 0 Å². The van der Waals surface area contributed by atoms with Gasteiger partial charge in [-0.2, -0.15) is 0 Å². The average molecular weight is 266 g/mol. The molecule has 0 saturated heterocycles. The summed E-state index contributed by atoms with van der Waals surface area (Å²) in [6.45, 7) is 5.32. The maximum Gasteiger partial charge on any atom is 0.268 e. The molecule has 0 aliphatic carbocycles. The minimum atomic E-state index is -0.281. The number of rotatable bonds is 7. The molecule has 0 spiro atoms. The summed E-state index contributed by atoms with van der Waals surface area (Å²) in [4.78, 5) is 23.4. The first kappa shape index (κ1) is 15.1. The molecule has 1 aromatic rings. The lowest BCUT2D eigenvalue weighted by molar-refractivity contribution is -0.120. The maximum absolute atomic E-state index is 12.0. The Morgan fingerprint density at radius 2 is 2.00 bits per heavy atom. The van der Waals surface area contributed by atoms with Gasteiger partial charge in [0, 0.05) is 19.3 Å². The number of hydrogen-bond donors (Lipinski definition) is 3. The van der Waals surface area contributed by atoms with E-state index in [2.05, 4.69) is 10.6 Å². The van der Waals surface area contributed by atoms with E-state index in [1.807, 2.05) is 13.8 Å². The van der Waals surface area contributed by atoms with Crippen molar-refractivity contribution in [2.45, 2.75) is 33.2 Å². The van der Waals surface area contributed by atoms with Crippen molar-refractivity contribution < 1.29 is 9.59 Å². The van der Waals surface area contributed by atoms with Crippen molar-refractivity contribution in [2.24, 2.45) is 0 Å². The van der Waals surface area contributed by atoms with Gasteiger partial charge in [0.15, 0.2) is 0 Å². The molecule has 0 fully saturated rings. The van der Waals surface area contributed by atoms with Crippen LogP contribution in [0.2, 0.25) is 0 Å². The third-order valence-corrected chi connectivity index (χ3v) is 2.60. The highest BCUT2D eigenvalue weighted by Gasteiger charge is 2.13. The Morgan fingerprint density at radius 3 is 2.63 bits per heavy atom. The van der Waals surface area contributed by atoms with E-state index in [0.29, 0.717) is 17.9 Å². The second-order valence-corrected chi connectivity index (χ2v) is 4.38. The summed E-state index contributed by atoms with van der Waals surface area (Å²) in [7, 11) is 0. The Morgan fingerprint density at radius 1 is 1.26 bits per heavy atom. The Bertz CT molecular complexity index is 440. The number of hydrogen-bond acceptors (Lipinski definition) is 3. The maximum atomic E-state index is 12.0. The highest BCUT2D eigenvalue weighted by Crippen LogP contribution is 2.11. The molecule has 6 nitrogen and oxygen atoms in total. The summed E-state index contributed by atoms with van der Waals surface area (Å²) in [5.41, 5.74) is 6.73. The number of aromatic nitrogens is 1. The van der Waals surface area contributed by atoms with Gasteiger partial charge < -0.3 is 20.9 Å². The predicted molar refractivity (Wildman–Crippen MR) is 74.8 cm³/mol. The van der Waals surface area contributed by atoms with E-state index in [4.69, 9.17) is 5.73 Å². The second kappa shape index (κ2) is 7.45. The molecule has 1 aromatic heterocycles. The van der Waals surface area contributed by atoms with Gasteiger partial charge in [0.2, 0.25) is 5.91 Å². The van der Waals surface area contributed by atoms with Crippen LogP contribution in [-0.4, -0.2) is 29.5 Å². The molecule has 106 valence electrons. The number of nitrogen functional groups attached to an aromatic ring is 1. The zero-order valence-electron chi connectivity index (χ0n) is 11.5. The fourth-order valence-electron chi connectivity index (χ4n) is 1.73. The van der Waals surface area contributed by atoms with Gasteiger partial charge in [-0.1, -0.05) is 13.8 Å². The van der Waals surface area contributed by atoms with Crippen molar-refractivity contribution in [2.75, 3.05) is 18.8 Å². The molecule has 0 aliphatic heterocycles. The van der Waals surface area contributed by atoms with E-state index in [-0.39, 0.29) is 18.4 Å². The second-order valence-electron chi connectivity index (χ2n) is 4.38. The van der Waals surface area contributed by atoms with Crippen molar-refractivity contribution in [3.05, 3.63) is 18.0 Å². The molecule has 6 heteroatoms. The third-order valence-electron chi connectivity index (χ3n) is 2.60. The van der Waals surface area contributed by atoms with E-state index < -0.39 is 0 Å². The SMILES string of the molecule is CCCNC(=O)CNC(=O)c1cc(N)cn1CCC. The molecule has 4 N–H and O–H groups in total. The Balaban J connectivity index is 2.55. The van der Waals surface area contributed by atoms with Crippen molar-refractivity contribution in [1.29, 1.82) is 0 Å². The lowest BCUT2D eigenvalue weighted by Gasteiger charge is -2.08. The standard InChI is InChI=1S/C13H22N4O2/c1-3-5-15-12(18)8-16-13(19)11-7-10(14)9-17(11)6-4-2/h7,9H,3-6,8,14H2,1-2H3,(H,15,18)(H,16,19). The minimum Gasteiger partial charge on any atom is -0.397 e.